The fourth-order valence-corrected chi connectivity index (χ4v) is 3.57. The van der Waals surface area contributed by atoms with Crippen molar-refractivity contribution in [3.63, 3.8) is 0 Å². The number of hydrogen-bond acceptors (Lipinski definition) is 6. The lowest BCUT2D eigenvalue weighted by Crippen LogP contribution is -2.30. The van der Waals surface area contributed by atoms with E-state index in [-0.39, 0.29) is 33.9 Å². The second-order valence-electron chi connectivity index (χ2n) is 7.20. The summed E-state index contributed by atoms with van der Waals surface area (Å²) >= 11 is 11.9. The molecule has 1 aliphatic rings. The van der Waals surface area contributed by atoms with E-state index < -0.39 is 29.8 Å². The van der Waals surface area contributed by atoms with Gasteiger partial charge in [-0.1, -0.05) is 23.2 Å². The van der Waals surface area contributed by atoms with Gasteiger partial charge in [0.05, 0.1) is 40.2 Å². The topological polar surface area (TPSA) is 106 Å². The molecule has 1 N–H and O–H groups in total. The van der Waals surface area contributed by atoms with Crippen molar-refractivity contribution in [2.75, 3.05) is 5.32 Å². The van der Waals surface area contributed by atoms with Crippen LogP contribution in [0.25, 0.3) is 0 Å². The third kappa shape index (κ3) is 4.62. The Morgan fingerprint density at radius 3 is 2.55 bits per heavy atom. The quantitative estimate of drug-likeness (QED) is 0.404. The number of nitrogens with zero attached hydrogens (tertiary/aromatic N) is 1. The highest BCUT2D eigenvalue weighted by Crippen LogP contribution is 2.27. The molecule has 2 heterocycles. The maximum absolute atomic E-state index is 12.7. The Labute approximate surface area is 198 Å². The van der Waals surface area contributed by atoms with Crippen LogP contribution in [0.2, 0.25) is 10.0 Å². The molecule has 3 aromatic rings. The second-order valence-corrected chi connectivity index (χ2v) is 8.04. The molecule has 0 saturated heterocycles. The minimum absolute atomic E-state index is 0.0233. The first-order chi connectivity index (χ1) is 15.7. The number of ether oxygens (including phenoxy) is 1. The van der Waals surface area contributed by atoms with Crippen LogP contribution in [0.15, 0.2) is 59.2 Å². The van der Waals surface area contributed by atoms with E-state index in [2.05, 4.69) is 5.32 Å². The van der Waals surface area contributed by atoms with E-state index >= 15 is 0 Å². The first-order valence-electron chi connectivity index (χ1n) is 9.74. The van der Waals surface area contributed by atoms with Gasteiger partial charge in [-0.15, -0.1) is 0 Å². The van der Waals surface area contributed by atoms with Gasteiger partial charge in [0.1, 0.15) is 5.76 Å². The van der Waals surface area contributed by atoms with E-state index in [0.29, 0.717) is 10.8 Å². The van der Waals surface area contributed by atoms with E-state index in [1.807, 2.05) is 0 Å². The van der Waals surface area contributed by atoms with Crippen LogP contribution < -0.4 is 5.32 Å². The van der Waals surface area contributed by atoms with Crippen molar-refractivity contribution in [2.24, 2.45) is 0 Å². The molecule has 4 rings (SSSR count). The Morgan fingerprint density at radius 2 is 1.82 bits per heavy atom. The summed E-state index contributed by atoms with van der Waals surface area (Å²) in [7, 11) is 0. The van der Waals surface area contributed by atoms with E-state index in [4.69, 9.17) is 32.4 Å². The average molecular weight is 487 g/mol. The van der Waals surface area contributed by atoms with E-state index in [1.165, 1.54) is 43.5 Å². The molecule has 2 aromatic carbocycles. The third-order valence-corrected chi connectivity index (χ3v) is 5.50. The van der Waals surface area contributed by atoms with Crippen LogP contribution in [0.4, 0.5) is 5.69 Å². The number of benzene rings is 2. The van der Waals surface area contributed by atoms with Crippen molar-refractivity contribution in [1.29, 1.82) is 0 Å². The molecule has 0 saturated carbocycles. The number of anilines is 1. The number of amides is 3. The van der Waals surface area contributed by atoms with Gasteiger partial charge in [0.15, 0.2) is 6.10 Å². The van der Waals surface area contributed by atoms with Gasteiger partial charge < -0.3 is 14.5 Å². The van der Waals surface area contributed by atoms with Crippen LogP contribution in [0.1, 0.15) is 43.8 Å². The van der Waals surface area contributed by atoms with Crippen LogP contribution >= 0.6 is 23.2 Å². The van der Waals surface area contributed by atoms with Crippen molar-refractivity contribution >= 4 is 52.6 Å². The number of rotatable bonds is 6. The summed E-state index contributed by atoms with van der Waals surface area (Å²) in [6.45, 7) is 1.36. The van der Waals surface area contributed by atoms with Gasteiger partial charge in [0.25, 0.3) is 17.7 Å². The number of nitrogens with one attached hydrogen (secondary N) is 1. The van der Waals surface area contributed by atoms with Crippen molar-refractivity contribution in [1.82, 2.24) is 4.90 Å². The first-order valence-corrected chi connectivity index (χ1v) is 10.5. The van der Waals surface area contributed by atoms with Gasteiger partial charge in [0.2, 0.25) is 0 Å². The van der Waals surface area contributed by atoms with Crippen LogP contribution in [0.3, 0.4) is 0 Å². The van der Waals surface area contributed by atoms with E-state index in [0.717, 1.165) is 4.90 Å². The van der Waals surface area contributed by atoms with Crippen LogP contribution in [-0.2, 0) is 16.1 Å². The van der Waals surface area contributed by atoms with Crippen LogP contribution in [0, 0.1) is 0 Å². The van der Waals surface area contributed by atoms with Crippen molar-refractivity contribution in [3.8, 4) is 0 Å². The number of carbonyl (C=O) groups is 4. The number of esters is 1. The lowest BCUT2D eigenvalue weighted by Gasteiger charge is -2.14. The lowest BCUT2D eigenvalue weighted by molar-refractivity contribution is -0.123. The molecule has 0 unspecified atom stereocenters. The molecule has 0 radical (unpaired) electrons. The molecule has 0 aliphatic carbocycles. The Balaban J connectivity index is 1.45. The van der Waals surface area contributed by atoms with Crippen molar-refractivity contribution in [3.05, 3.63) is 87.3 Å². The van der Waals surface area contributed by atoms with Crippen LogP contribution in [0.5, 0.6) is 0 Å². The zero-order valence-electron chi connectivity index (χ0n) is 17.1. The highest BCUT2D eigenvalue weighted by molar-refractivity contribution is 6.35. The number of fused-ring (bicyclic) bond motifs is 1. The number of carbonyl (C=O) groups excluding carboxylic acids is 4. The molecule has 8 nitrogen and oxygen atoms in total. The minimum Gasteiger partial charge on any atom is -0.467 e. The molecule has 1 aliphatic heterocycles. The monoisotopic (exact) mass is 486 g/mol. The summed E-state index contributed by atoms with van der Waals surface area (Å²) in [6, 6.07) is 11.9. The molecule has 1 atom stereocenters. The Hall–Kier alpha value is -3.62. The fourth-order valence-electron chi connectivity index (χ4n) is 3.23. The van der Waals surface area contributed by atoms with Gasteiger partial charge in [0, 0.05) is 5.02 Å². The molecule has 0 bridgehead atoms. The maximum Gasteiger partial charge on any atom is 0.338 e. The molecular formula is C23H16Cl2N2O6. The van der Waals surface area contributed by atoms with Crippen LogP contribution in [-0.4, -0.2) is 34.7 Å². The predicted octanol–water partition coefficient (Wildman–Crippen LogP) is 4.57. The predicted molar refractivity (Wildman–Crippen MR) is 119 cm³/mol. The summed E-state index contributed by atoms with van der Waals surface area (Å²) in [4.78, 5) is 51.3. The number of furan rings is 1. The summed E-state index contributed by atoms with van der Waals surface area (Å²) in [5, 5.41) is 3.19. The van der Waals surface area contributed by atoms with Gasteiger partial charge in [-0.25, -0.2) is 4.79 Å². The largest absolute Gasteiger partial charge is 0.467 e. The lowest BCUT2D eigenvalue weighted by atomic mass is 10.1. The van der Waals surface area contributed by atoms with Crippen molar-refractivity contribution < 1.29 is 28.3 Å². The Bertz CT molecular complexity index is 1270. The van der Waals surface area contributed by atoms with Gasteiger partial charge in [-0.3, -0.25) is 19.3 Å². The standard InChI is InChI=1S/C23H16Cl2N2O6/c1-12(20(28)26-19-10-14(24)5-7-18(19)25)33-23(31)13-4-6-16-17(9-13)22(30)27(21(16)29)11-15-3-2-8-32-15/h2-10,12H,11H2,1H3,(H,26,28)/t12-/m1/s1. The molecule has 33 heavy (non-hydrogen) atoms. The SMILES string of the molecule is C[C@@H](OC(=O)c1ccc2c(c1)C(=O)N(Cc1ccco1)C2=O)C(=O)Nc1cc(Cl)ccc1Cl. The van der Waals surface area contributed by atoms with Gasteiger partial charge in [-0.05, 0) is 55.5 Å². The zero-order valence-corrected chi connectivity index (χ0v) is 18.6. The normalized spacial score (nSPS) is 13.6. The zero-order chi connectivity index (χ0) is 23.7. The molecule has 0 fully saturated rings. The highest BCUT2D eigenvalue weighted by Gasteiger charge is 2.36. The van der Waals surface area contributed by atoms with Gasteiger partial charge >= 0.3 is 5.97 Å². The number of halogens is 2. The first kappa shape index (κ1) is 22.6. The highest BCUT2D eigenvalue weighted by atomic mass is 35.5. The van der Waals surface area contributed by atoms with Crippen molar-refractivity contribution in [2.45, 2.75) is 19.6 Å². The molecule has 3 amide bonds. The van der Waals surface area contributed by atoms with E-state index in [1.54, 1.807) is 18.2 Å². The number of imide groups is 1. The maximum atomic E-state index is 12.7. The fraction of sp³-hybridized carbons (Fsp3) is 0.130. The minimum atomic E-state index is -1.17. The third-order valence-electron chi connectivity index (χ3n) is 4.94. The number of hydrogen-bond donors (Lipinski definition) is 1. The molecule has 168 valence electrons. The Morgan fingerprint density at radius 1 is 1.06 bits per heavy atom. The average Bonchev–Trinajstić information content (AvgIpc) is 3.39. The Kier molecular flexibility index (Phi) is 6.22. The summed E-state index contributed by atoms with van der Waals surface area (Å²) in [6.07, 6.45) is 0.271. The summed E-state index contributed by atoms with van der Waals surface area (Å²) < 4.78 is 10.4. The smallest absolute Gasteiger partial charge is 0.338 e. The molecular weight excluding hydrogens is 471 g/mol. The molecule has 0 spiro atoms. The molecule has 10 heteroatoms. The molecule has 1 aromatic heterocycles. The summed E-state index contributed by atoms with van der Waals surface area (Å²) in [5.74, 6) is -2.05. The van der Waals surface area contributed by atoms with Gasteiger partial charge in [-0.2, -0.15) is 0 Å². The second kappa shape index (κ2) is 9.09. The van der Waals surface area contributed by atoms with E-state index in [9.17, 15) is 19.2 Å². The summed E-state index contributed by atoms with van der Waals surface area (Å²) in [5.41, 5.74) is 0.541.